The van der Waals surface area contributed by atoms with Crippen LogP contribution in [-0.2, 0) is 16.1 Å². The summed E-state index contributed by atoms with van der Waals surface area (Å²) in [5.41, 5.74) is 7.33. The van der Waals surface area contributed by atoms with Crippen LogP contribution < -0.4 is 20.8 Å². The van der Waals surface area contributed by atoms with Crippen molar-refractivity contribution in [2.24, 2.45) is 10.8 Å². The fraction of sp³-hybridized carbons (Fsp3) is 0.211. The number of hydrogen-bond donors (Lipinski definition) is 2. The van der Waals surface area contributed by atoms with E-state index >= 15 is 0 Å². The number of para-hydroxylation sites is 2. The standard InChI is InChI=1S/C19H20N4O3/c1-26-17-10-6-5-7-13(17)12-21-19(25)15-11-16(18(20)24)23(22-15)14-8-3-2-4-9-14/h2-10,16H,11-12H2,1H3,(H2,20,24)(H,21,25). The minimum absolute atomic E-state index is 0.169. The second-order valence-electron chi connectivity index (χ2n) is 5.84. The maximum absolute atomic E-state index is 12.5. The molecule has 0 saturated carbocycles. The van der Waals surface area contributed by atoms with Gasteiger partial charge < -0.3 is 15.8 Å². The van der Waals surface area contributed by atoms with E-state index in [0.717, 1.165) is 5.56 Å². The van der Waals surface area contributed by atoms with Gasteiger partial charge in [0.2, 0.25) is 5.91 Å². The van der Waals surface area contributed by atoms with Gasteiger partial charge in [-0.3, -0.25) is 14.6 Å². The Kier molecular flexibility index (Phi) is 5.17. The third-order valence-corrected chi connectivity index (χ3v) is 4.15. The monoisotopic (exact) mass is 352 g/mol. The van der Waals surface area contributed by atoms with Crippen LogP contribution in [-0.4, -0.2) is 30.7 Å². The van der Waals surface area contributed by atoms with Crippen LogP contribution in [0.1, 0.15) is 12.0 Å². The zero-order valence-corrected chi connectivity index (χ0v) is 14.4. The number of anilines is 1. The van der Waals surface area contributed by atoms with E-state index in [4.69, 9.17) is 10.5 Å². The van der Waals surface area contributed by atoms with Gasteiger partial charge >= 0.3 is 0 Å². The summed E-state index contributed by atoms with van der Waals surface area (Å²) in [6, 6.07) is 15.9. The molecule has 2 aromatic carbocycles. The number of carbonyl (C=O) groups is 2. The number of nitrogens with zero attached hydrogens (tertiary/aromatic N) is 2. The van der Waals surface area contributed by atoms with Crippen LogP contribution in [0.5, 0.6) is 5.75 Å². The lowest BCUT2D eigenvalue weighted by Crippen LogP contribution is -2.39. The number of benzene rings is 2. The normalized spacial score (nSPS) is 16.1. The second kappa shape index (κ2) is 7.69. The highest BCUT2D eigenvalue weighted by atomic mass is 16.5. The Bertz CT molecular complexity index is 836. The molecule has 1 heterocycles. The maximum Gasteiger partial charge on any atom is 0.267 e. The predicted octanol–water partition coefficient (Wildman–Crippen LogP) is 1.43. The molecule has 7 heteroatoms. The molecule has 3 rings (SSSR count). The lowest BCUT2D eigenvalue weighted by molar-refractivity contribution is -0.119. The molecular formula is C19H20N4O3. The molecule has 0 aliphatic carbocycles. The SMILES string of the molecule is COc1ccccc1CNC(=O)C1=NN(c2ccccc2)C(C(N)=O)C1. The van der Waals surface area contributed by atoms with Crippen LogP contribution in [0.2, 0.25) is 0 Å². The second-order valence-corrected chi connectivity index (χ2v) is 5.84. The van der Waals surface area contributed by atoms with Gasteiger partial charge in [-0.25, -0.2) is 0 Å². The first-order chi connectivity index (χ1) is 12.6. The van der Waals surface area contributed by atoms with E-state index in [0.29, 0.717) is 18.0 Å². The third-order valence-electron chi connectivity index (χ3n) is 4.15. The van der Waals surface area contributed by atoms with Crippen molar-refractivity contribution in [2.45, 2.75) is 19.0 Å². The Balaban J connectivity index is 1.74. The van der Waals surface area contributed by atoms with Gasteiger partial charge in [-0.2, -0.15) is 5.10 Å². The summed E-state index contributed by atoms with van der Waals surface area (Å²) in [4.78, 5) is 24.3. The van der Waals surface area contributed by atoms with Gasteiger partial charge in [0, 0.05) is 18.5 Å². The summed E-state index contributed by atoms with van der Waals surface area (Å²) in [6.07, 6.45) is 0.169. The minimum atomic E-state index is -0.676. The summed E-state index contributed by atoms with van der Waals surface area (Å²) in [7, 11) is 1.58. The summed E-state index contributed by atoms with van der Waals surface area (Å²) in [5, 5.41) is 8.64. The lowest BCUT2D eigenvalue weighted by atomic mass is 10.1. The average Bonchev–Trinajstić information content (AvgIpc) is 3.13. The number of nitrogens with one attached hydrogen (secondary N) is 1. The number of primary amides is 1. The van der Waals surface area contributed by atoms with Crippen LogP contribution in [0.25, 0.3) is 0 Å². The summed E-state index contributed by atoms with van der Waals surface area (Å²) >= 11 is 0. The molecule has 1 aliphatic rings. The highest BCUT2D eigenvalue weighted by Gasteiger charge is 2.34. The topological polar surface area (TPSA) is 97.0 Å². The number of amides is 2. The van der Waals surface area contributed by atoms with Crippen molar-refractivity contribution in [3.8, 4) is 5.75 Å². The zero-order valence-electron chi connectivity index (χ0n) is 14.4. The molecule has 0 radical (unpaired) electrons. The zero-order chi connectivity index (χ0) is 18.5. The Hall–Kier alpha value is -3.35. The average molecular weight is 352 g/mol. The highest BCUT2D eigenvalue weighted by molar-refractivity contribution is 6.40. The summed E-state index contributed by atoms with van der Waals surface area (Å²) < 4.78 is 5.28. The number of hydrogen-bond acceptors (Lipinski definition) is 5. The first kappa shape index (κ1) is 17.5. The Labute approximate surface area is 151 Å². The Morgan fingerprint density at radius 1 is 1.19 bits per heavy atom. The Morgan fingerprint density at radius 3 is 2.58 bits per heavy atom. The lowest BCUT2D eigenvalue weighted by Gasteiger charge is -2.20. The molecule has 2 aromatic rings. The number of hydrazone groups is 1. The van der Waals surface area contributed by atoms with Gasteiger partial charge in [0.1, 0.15) is 17.5 Å². The minimum Gasteiger partial charge on any atom is -0.496 e. The number of ether oxygens (including phenoxy) is 1. The molecule has 0 fully saturated rings. The molecule has 1 aliphatic heterocycles. The van der Waals surface area contributed by atoms with Crippen molar-refractivity contribution >= 4 is 23.2 Å². The highest BCUT2D eigenvalue weighted by Crippen LogP contribution is 2.24. The quantitative estimate of drug-likeness (QED) is 0.822. The molecule has 0 aromatic heterocycles. The molecule has 2 amide bonds. The summed E-state index contributed by atoms with van der Waals surface area (Å²) in [6.45, 7) is 0.300. The first-order valence-corrected chi connectivity index (χ1v) is 8.21. The molecular weight excluding hydrogens is 332 g/mol. The molecule has 26 heavy (non-hydrogen) atoms. The van der Waals surface area contributed by atoms with Crippen LogP contribution in [0.4, 0.5) is 5.69 Å². The van der Waals surface area contributed by atoms with Crippen LogP contribution in [0, 0.1) is 0 Å². The fourth-order valence-corrected chi connectivity index (χ4v) is 2.81. The predicted molar refractivity (Wildman–Crippen MR) is 98.8 cm³/mol. The smallest absolute Gasteiger partial charge is 0.267 e. The van der Waals surface area contributed by atoms with Gasteiger partial charge in [-0.1, -0.05) is 36.4 Å². The molecule has 134 valence electrons. The van der Waals surface area contributed by atoms with Gasteiger partial charge in [-0.05, 0) is 18.2 Å². The van der Waals surface area contributed by atoms with Crippen molar-refractivity contribution in [3.63, 3.8) is 0 Å². The van der Waals surface area contributed by atoms with Crippen LogP contribution in [0.15, 0.2) is 59.7 Å². The number of rotatable bonds is 6. The molecule has 0 spiro atoms. The molecule has 1 unspecified atom stereocenters. The number of methoxy groups -OCH3 is 1. The Morgan fingerprint density at radius 2 is 1.88 bits per heavy atom. The van der Waals surface area contributed by atoms with E-state index in [1.54, 1.807) is 7.11 Å². The molecule has 3 N–H and O–H groups in total. The van der Waals surface area contributed by atoms with E-state index in [2.05, 4.69) is 10.4 Å². The van der Waals surface area contributed by atoms with Gasteiger partial charge in [0.05, 0.1) is 12.8 Å². The van der Waals surface area contributed by atoms with Gasteiger partial charge in [-0.15, -0.1) is 0 Å². The van der Waals surface area contributed by atoms with Crippen LogP contribution in [0.3, 0.4) is 0 Å². The molecule has 0 bridgehead atoms. The first-order valence-electron chi connectivity index (χ1n) is 8.21. The molecule has 7 nitrogen and oxygen atoms in total. The van der Waals surface area contributed by atoms with Crippen molar-refractivity contribution in [3.05, 3.63) is 60.2 Å². The molecule has 1 atom stereocenters. The third kappa shape index (κ3) is 3.66. The molecule has 0 saturated heterocycles. The van der Waals surface area contributed by atoms with Crippen molar-refractivity contribution < 1.29 is 14.3 Å². The van der Waals surface area contributed by atoms with E-state index in [1.807, 2.05) is 54.6 Å². The van der Waals surface area contributed by atoms with E-state index in [-0.39, 0.29) is 18.0 Å². The van der Waals surface area contributed by atoms with Gasteiger partial charge in [0.15, 0.2) is 0 Å². The van der Waals surface area contributed by atoms with Crippen LogP contribution >= 0.6 is 0 Å². The van der Waals surface area contributed by atoms with E-state index < -0.39 is 11.9 Å². The van der Waals surface area contributed by atoms with E-state index in [1.165, 1.54) is 5.01 Å². The van der Waals surface area contributed by atoms with Crippen molar-refractivity contribution in [1.82, 2.24) is 5.32 Å². The summed E-state index contributed by atoms with van der Waals surface area (Å²) in [5.74, 6) is -0.159. The van der Waals surface area contributed by atoms with E-state index in [9.17, 15) is 9.59 Å². The maximum atomic E-state index is 12.5. The van der Waals surface area contributed by atoms with Gasteiger partial charge in [0.25, 0.3) is 5.91 Å². The number of nitrogens with two attached hydrogens (primary N) is 1. The fourth-order valence-electron chi connectivity index (χ4n) is 2.81. The van der Waals surface area contributed by atoms with Crippen molar-refractivity contribution in [1.29, 1.82) is 0 Å². The van der Waals surface area contributed by atoms with Crippen molar-refractivity contribution in [2.75, 3.05) is 12.1 Å². The largest absolute Gasteiger partial charge is 0.496 e. The number of carbonyl (C=O) groups excluding carboxylic acids is 2.